The average Bonchev–Trinajstić information content (AvgIpc) is 2.73. The molecule has 7 nitrogen and oxygen atoms in total. The second kappa shape index (κ2) is 13.5. The first-order valence-electron chi connectivity index (χ1n) is 10.2. The van der Waals surface area contributed by atoms with Crippen LogP contribution in [0, 0.1) is 0 Å². The minimum Gasteiger partial charge on any atom is -0.478 e. The molecule has 0 saturated heterocycles. The van der Waals surface area contributed by atoms with Gasteiger partial charge in [0, 0.05) is 32.7 Å². The first-order chi connectivity index (χ1) is 16.0. The molecular weight excluding hydrogens is 708 g/mol. The van der Waals surface area contributed by atoms with Gasteiger partial charge in [-0.1, -0.05) is 60.6 Å². The molecule has 0 saturated carbocycles. The lowest BCUT2D eigenvalue weighted by Gasteiger charge is -2.10. The van der Waals surface area contributed by atoms with Crippen molar-refractivity contribution < 1.29 is 34.1 Å². The zero-order chi connectivity index (χ0) is 25.4. The van der Waals surface area contributed by atoms with Gasteiger partial charge >= 0.3 is 17.9 Å². The highest BCUT2D eigenvalue weighted by atomic mass is 79.9. The molecule has 0 heterocycles. The standard InChI is InChI=1S/C23H20Br4O7/c24-12-7-16(22(30)31)15(18(26)9-12)11-14(28)5-3-1-2-4-6-20(29)34-21-17(23(32)33)8-13(25)10-19(21)27/h7-10H,1-6,11H2,(H,30,31)(H,32,33). The number of benzene rings is 2. The lowest BCUT2D eigenvalue weighted by molar-refractivity contribution is -0.134. The number of aromatic carboxylic acids is 2. The van der Waals surface area contributed by atoms with Crippen molar-refractivity contribution in [3.63, 3.8) is 0 Å². The van der Waals surface area contributed by atoms with Crippen LogP contribution in [0.15, 0.2) is 42.2 Å². The molecule has 2 N–H and O–H groups in total. The first-order valence-corrected chi connectivity index (χ1v) is 13.3. The van der Waals surface area contributed by atoms with Crippen molar-refractivity contribution in [1.29, 1.82) is 0 Å². The Labute approximate surface area is 229 Å². The van der Waals surface area contributed by atoms with Gasteiger partial charge in [-0.05, 0) is 58.6 Å². The van der Waals surface area contributed by atoms with Gasteiger partial charge in [0.25, 0.3) is 0 Å². The normalized spacial score (nSPS) is 10.7. The Morgan fingerprint density at radius 2 is 1.24 bits per heavy atom. The Hall–Kier alpha value is -1.56. The Morgan fingerprint density at radius 1 is 0.706 bits per heavy atom. The molecule has 34 heavy (non-hydrogen) atoms. The highest BCUT2D eigenvalue weighted by Gasteiger charge is 2.19. The fourth-order valence-corrected chi connectivity index (χ4v) is 5.86. The summed E-state index contributed by atoms with van der Waals surface area (Å²) in [6.45, 7) is 0. The van der Waals surface area contributed by atoms with E-state index in [2.05, 4.69) is 63.7 Å². The van der Waals surface area contributed by atoms with Crippen LogP contribution >= 0.6 is 63.7 Å². The van der Waals surface area contributed by atoms with Crippen LogP contribution < -0.4 is 4.74 Å². The molecule has 2 aromatic rings. The monoisotopic (exact) mass is 724 g/mol. The van der Waals surface area contributed by atoms with Gasteiger partial charge in [0.1, 0.15) is 11.3 Å². The molecule has 0 aromatic heterocycles. The van der Waals surface area contributed by atoms with E-state index in [1.165, 1.54) is 12.1 Å². The summed E-state index contributed by atoms with van der Waals surface area (Å²) in [7, 11) is 0. The lowest BCUT2D eigenvalue weighted by Crippen LogP contribution is -2.11. The van der Waals surface area contributed by atoms with Crippen LogP contribution in [-0.4, -0.2) is 33.9 Å². The number of ether oxygens (including phenoxy) is 1. The number of hydrogen-bond donors (Lipinski definition) is 2. The third kappa shape index (κ3) is 8.58. The summed E-state index contributed by atoms with van der Waals surface area (Å²) in [5, 5.41) is 18.7. The lowest BCUT2D eigenvalue weighted by atomic mass is 9.99. The molecule has 0 spiro atoms. The molecular formula is C23H20Br4O7. The van der Waals surface area contributed by atoms with Crippen LogP contribution in [0.2, 0.25) is 0 Å². The summed E-state index contributed by atoms with van der Waals surface area (Å²) in [6, 6.07) is 6.14. The number of carbonyl (C=O) groups excluding carboxylic acids is 2. The van der Waals surface area contributed by atoms with E-state index in [4.69, 9.17) is 4.74 Å². The smallest absolute Gasteiger partial charge is 0.339 e. The highest BCUT2D eigenvalue weighted by molar-refractivity contribution is 9.11. The number of unbranched alkanes of at least 4 members (excludes halogenated alkanes) is 3. The number of hydrogen-bond acceptors (Lipinski definition) is 5. The van der Waals surface area contributed by atoms with Gasteiger partial charge < -0.3 is 14.9 Å². The number of halogens is 4. The molecule has 0 aliphatic carbocycles. The fourth-order valence-electron chi connectivity index (χ4n) is 3.19. The van der Waals surface area contributed by atoms with Gasteiger partial charge in [-0.25, -0.2) is 9.59 Å². The van der Waals surface area contributed by atoms with E-state index in [1.807, 2.05) is 0 Å². The summed E-state index contributed by atoms with van der Waals surface area (Å²) in [5.41, 5.74) is 0.399. The maximum absolute atomic E-state index is 12.4. The van der Waals surface area contributed by atoms with Crippen molar-refractivity contribution >= 4 is 87.4 Å². The molecule has 0 aliphatic rings. The molecule has 182 valence electrons. The molecule has 0 unspecified atom stereocenters. The third-order valence-corrected chi connectivity index (χ3v) is 7.02. The zero-order valence-electron chi connectivity index (χ0n) is 17.7. The molecule has 0 amide bonds. The summed E-state index contributed by atoms with van der Waals surface area (Å²) in [6.07, 6.45) is 3.00. The van der Waals surface area contributed by atoms with Crippen molar-refractivity contribution in [3.05, 3.63) is 58.8 Å². The van der Waals surface area contributed by atoms with E-state index in [-0.39, 0.29) is 35.5 Å². The zero-order valence-corrected chi connectivity index (χ0v) is 24.1. The second-order valence-corrected chi connectivity index (χ2v) is 10.9. The maximum Gasteiger partial charge on any atom is 0.339 e. The van der Waals surface area contributed by atoms with E-state index in [0.717, 1.165) is 0 Å². The van der Waals surface area contributed by atoms with Crippen molar-refractivity contribution in [1.82, 2.24) is 0 Å². The topological polar surface area (TPSA) is 118 Å². The average molecular weight is 728 g/mol. The molecule has 0 radical (unpaired) electrons. The Morgan fingerprint density at radius 3 is 1.82 bits per heavy atom. The Kier molecular flexibility index (Phi) is 11.4. The first kappa shape index (κ1) is 28.7. The number of carboxylic acids is 2. The number of carboxylic acid groups (broad SMARTS) is 2. The van der Waals surface area contributed by atoms with E-state index < -0.39 is 17.9 Å². The van der Waals surface area contributed by atoms with E-state index >= 15 is 0 Å². The van der Waals surface area contributed by atoms with E-state index in [0.29, 0.717) is 55.6 Å². The van der Waals surface area contributed by atoms with E-state index in [1.54, 1.807) is 12.1 Å². The van der Waals surface area contributed by atoms with Gasteiger partial charge in [0.2, 0.25) is 0 Å². The summed E-state index contributed by atoms with van der Waals surface area (Å²) < 4.78 is 7.33. The predicted octanol–water partition coefficient (Wildman–Crippen LogP) is 7.19. The number of Topliss-reactive ketones (excluding diaryl/α,β-unsaturated/α-hetero) is 1. The van der Waals surface area contributed by atoms with Crippen molar-refractivity contribution in [2.75, 3.05) is 0 Å². The molecule has 0 bridgehead atoms. The van der Waals surface area contributed by atoms with Gasteiger partial charge in [0.15, 0.2) is 5.75 Å². The van der Waals surface area contributed by atoms with Crippen LogP contribution in [0.1, 0.15) is 64.8 Å². The van der Waals surface area contributed by atoms with Crippen molar-refractivity contribution in [2.45, 2.75) is 44.9 Å². The Balaban J connectivity index is 1.77. The van der Waals surface area contributed by atoms with Gasteiger partial charge in [0.05, 0.1) is 10.0 Å². The second-order valence-electron chi connectivity index (χ2n) is 7.39. The minimum atomic E-state index is -1.21. The molecule has 2 aromatic carbocycles. The van der Waals surface area contributed by atoms with Crippen LogP contribution in [0.3, 0.4) is 0 Å². The van der Waals surface area contributed by atoms with E-state index in [9.17, 15) is 29.4 Å². The van der Waals surface area contributed by atoms with Crippen molar-refractivity contribution in [3.8, 4) is 5.75 Å². The summed E-state index contributed by atoms with van der Waals surface area (Å²) >= 11 is 13.0. The molecule has 0 aliphatic heterocycles. The van der Waals surface area contributed by atoms with Crippen LogP contribution in [-0.2, 0) is 16.0 Å². The van der Waals surface area contributed by atoms with Gasteiger partial charge in [-0.2, -0.15) is 0 Å². The van der Waals surface area contributed by atoms with Crippen LogP contribution in [0.4, 0.5) is 0 Å². The predicted molar refractivity (Wildman–Crippen MR) is 140 cm³/mol. The van der Waals surface area contributed by atoms with Gasteiger partial charge in [-0.3, -0.25) is 9.59 Å². The summed E-state index contributed by atoms with van der Waals surface area (Å²) in [4.78, 5) is 47.4. The quantitative estimate of drug-likeness (QED) is 0.135. The number of rotatable bonds is 12. The maximum atomic E-state index is 12.4. The third-order valence-electron chi connectivity index (χ3n) is 4.81. The van der Waals surface area contributed by atoms with Gasteiger partial charge in [-0.15, -0.1) is 0 Å². The molecule has 0 atom stereocenters. The highest BCUT2D eigenvalue weighted by Crippen LogP contribution is 2.33. The minimum absolute atomic E-state index is 0.0236. The number of esters is 1. The largest absolute Gasteiger partial charge is 0.478 e. The summed E-state index contributed by atoms with van der Waals surface area (Å²) in [5.74, 6) is -2.94. The van der Waals surface area contributed by atoms with Crippen LogP contribution in [0.5, 0.6) is 5.75 Å². The molecule has 11 heteroatoms. The van der Waals surface area contributed by atoms with Crippen molar-refractivity contribution in [2.24, 2.45) is 0 Å². The van der Waals surface area contributed by atoms with Crippen LogP contribution in [0.25, 0.3) is 0 Å². The molecule has 0 fully saturated rings. The fraction of sp³-hybridized carbons (Fsp3) is 0.304. The molecule has 2 rings (SSSR count). The number of carbonyl (C=O) groups is 4. The Bertz CT molecular complexity index is 1030. The number of ketones is 1. The SMILES string of the molecule is O=C(CCCCCCC(=O)Oc1c(Br)cc(Br)cc1C(=O)O)Cc1c(Br)cc(Br)cc1C(=O)O.